The van der Waals surface area contributed by atoms with E-state index in [0.29, 0.717) is 16.3 Å². The van der Waals surface area contributed by atoms with Crippen molar-refractivity contribution >= 4 is 35.2 Å². The fraction of sp³-hybridized carbons (Fsp3) is 0.400. The van der Waals surface area contributed by atoms with E-state index >= 15 is 0 Å². The lowest BCUT2D eigenvalue weighted by Crippen LogP contribution is -2.54. The summed E-state index contributed by atoms with van der Waals surface area (Å²) in [5, 5.41) is 3.17. The summed E-state index contributed by atoms with van der Waals surface area (Å²) in [5.74, 6) is -1.73. The van der Waals surface area contributed by atoms with Gasteiger partial charge in [0.2, 0.25) is 0 Å². The highest BCUT2D eigenvalue weighted by atomic mass is 35.5. The molecule has 2 unspecified atom stereocenters. The zero-order valence-corrected chi connectivity index (χ0v) is 19.1. The Kier molecular flexibility index (Phi) is 6.70. The van der Waals surface area contributed by atoms with Crippen LogP contribution in [0.15, 0.2) is 48.5 Å². The smallest absolute Gasteiger partial charge is 0.418 e. The van der Waals surface area contributed by atoms with Crippen molar-refractivity contribution in [2.24, 2.45) is 5.92 Å². The molecule has 6 nitrogen and oxygen atoms in total. The third kappa shape index (κ3) is 4.74. The molecule has 1 N–H and O–H groups in total. The molecule has 2 fully saturated rings. The number of hydrogen-bond acceptors (Lipinski definition) is 4. The van der Waals surface area contributed by atoms with Gasteiger partial charge in [0.15, 0.2) is 0 Å². The molecule has 1 saturated carbocycles. The molecule has 0 aromatic heterocycles. The van der Waals surface area contributed by atoms with E-state index in [1.807, 2.05) is 6.92 Å². The van der Waals surface area contributed by atoms with Crippen molar-refractivity contribution in [1.29, 1.82) is 0 Å². The van der Waals surface area contributed by atoms with Crippen molar-refractivity contribution < 1.29 is 23.5 Å². The summed E-state index contributed by atoms with van der Waals surface area (Å²) in [4.78, 5) is 41.2. The maximum absolute atomic E-state index is 13.7. The highest BCUT2D eigenvalue weighted by molar-refractivity contribution is 6.30. The maximum Gasteiger partial charge on any atom is 0.418 e. The first kappa shape index (κ1) is 23.2. The van der Waals surface area contributed by atoms with Crippen molar-refractivity contribution in [2.75, 3.05) is 5.32 Å². The first-order chi connectivity index (χ1) is 15.8. The molecule has 0 radical (unpaired) electrons. The normalized spacial score (nSPS) is 22.2. The van der Waals surface area contributed by atoms with Crippen LogP contribution in [0.1, 0.15) is 44.6 Å². The Morgan fingerprint density at radius 3 is 2.39 bits per heavy atom. The lowest BCUT2D eigenvalue weighted by atomic mass is 9.83. The second kappa shape index (κ2) is 9.51. The number of carbonyl (C=O) groups excluding carboxylic acids is 3. The Morgan fingerprint density at radius 1 is 1.12 bits per heavy atom. The van der Waals surface area contributed by atoms with Crippen LogP contribution >= 0.6 is 11.6 Å². The molecular weight excluding hydrogens is 447 g/mol. The molecule has 174 valence electrons. The predicted molar refractivity (Wildman–Crippen MR) is 122 cm³/mol. The Hall–Kier alpha value is -2.93. The molecular formula is C25H26ClFN2O4. The van der Waals surface area contributed by atoms with Gasteiger partial charge in [-0.25, -0.2) is 14.1 Å². The molecule has 1 aliphatic heterocycles. The Balaban J connectivity index is 1.66. The highest BCUT2D eigenvalue weighted by Gasteiger charge is 2.61. The van der Waals surface area contributed by atoms with E-state index in [2.05, 4.69) is 5.32 Å². The van der Waals surface area contributed by atoms with Crippen LogP contribution < -0.4 is 5.32 Å². The molecule has 4 rings (SSSR count). The summed E-state index contributed by atoms with van der Waals surface area (Å²) in [6.07, 6.45) is 4.03. The van der Waals surface area contributed by atoms with Crippen LogP contribution in [0, 0.1) is 11.7 Å². The molecule has 0 bridgehead atoms. The second-order valence-electron chi connectivity index (χ2n) is 8.77. The number of halogens is 2. The number of nitrogens with one attached hydrogen (secondary N) is 1. The molecule has 2 aromatic carbocycles. The third-order valence-corrected chi connectivity index (χ3v) is 6.85. The minimum absolute atomic E-state index is 0.163. The fourth-order valence-corrected chi connectivity index (χ4v) is 4.81. The number of hydrogen-bond donors (Lipinski definition) is 1. The molecule has 2 aliphatic rings. The van der Waals surface area contributed by atoms with Crippen LogP contribution in [0.5, 0.6) is 0 Å². The minimum Gasteiger partial charge on any atom is -0.422 e. The van der Waals surface area contributed by atoms with Gasteiger partial charge in [-0.3, -0.25) is 9.59 Å². The van der Waals surface area contributed by atoms with Crippen LogP contribution in [0.3, 0.4) is 0 Å². The van der Waals surface area contributed by atoms with Crippen LogP contribution in [0.2, 0.25) is 5.02 Å². The van der Waals surface area contributed by atoms with E-state index in [9.17, 15) is 18.8 Å². The van der Waals surface area contributed by atoms with Crippen molar-refractivity contribution in [3.8, 4) is 0 Å². The quantitative estimate of drug-likeness (QED) is 0.575. The van der Waals surface area contributed by atoms with E-state index in [-0.39, 0.29) is 18.4 Å². The second-order valence-corrected chi connectivity index (χ2v) is 9.21. The van der Waals surface area contributed by atoms with Gasteiger partial charge in [-0.05, 0) is 67.6 Å². The van der Waals surface area contributed by atoms with Gasteiger partial charge < -0.3 is 10.1 Å². The van der Waals surface area contributed by atoms with Crippen molar-refractivity contribution in [3.63, 3.8) is 0 Å². The number of rotatable bonds is 6. The fourth-order valence-electron chi connectivity index (χ4n) is 4.69. The van der Waals surface area contributed by atoms with E-state index in [4.69, 9.17) is 16.3 Å². The standard InChI is InChI=1S/C25H26ClFN2O4/c1-16(18-5-3-2-4-6-18)29-23(31)25(33-24(29)32,15-17-7-11-20(27)12-8-17)22(30)28-21-13-9-19(26)10-14-21/h7-14,16,18H,2-6,15H2,1H3,(H,28,30). The van der Waals surface area contributed by atoms with Gasteiger partial charge in [0.25, 0.3) is 17.4 Å². The number of cyclic esters (lactones) is 1. The average molecular weight is 473 g/mol. The molecule has 1 aliphatic carbocycles. The molecule has 0 spiro atoms. The van der Waals surface area contributed by atoms with Crippen LogP contribution in [0.4, 0.5) is 14.9 Å². The SMILES string of the molecule is CC(C1CCCCC1)N1C(=O)OC(Cc2ccc(F)cc2)(C(=O)Nc2ccc(Cl)cc2)C1=O. The van der Waals surface area contributed by atoms with Gasteiger partial charge in [-0.1, -0.05) is 43.0 Å². The van der Waals surface area contributed by atoms with Gasteiger partial charge in [-0.15, -0.1) is 0 Å². The highest BCUT2D eigenvalue weighted by Crippen LogP contribution is 2.36. The van der Waals surface area contributed by atoms with Gasteiger partial charge in [0.1, 0.15) is 5.82 Å². The molecule has 2 aromatic rings. The summed E-state index contributed by atoms with van der Waals surface area (Å²) < 4.78 is 19.0. The lowest BCUT2D eigenvalue weighted by Gasteiger charge is -2.32. The van der Waals surface area contributed by atoms with Crippen molar-refractivity contribution in [2.45, 2.75) is 57.1 Å². The first-order valence-corrected chi connectivity index (χ1v) is 11.6. The number of nitrogens with zero attached hydrogens (tertiary/aromatic N) is 1. The van der Waals surface area contributed by atoms with Gasteiger partial charge in [-0.2, -0.15) is 0 Å². The number of anilines is 1. The average Bonchev–Trinajstić information content (AvgIpc) is 3.07. The van der Waals surface area contributed by atoms with Crippen LogP contribution in [-0.2, 0) is 20.7 Å². The summed E-state index contributed by atoms with van der Waals surface area (Å²) >= 11 is 5.92. The number of amides is 3. The van der Waals surface area contributed by atoms with Crippen molar-refractivity contribution in [3.05, 3.63) is 64.9 Å². The largest absolute Gasteiger partial charge is 0.422 e. The number of benzene rings is 2. The maximum atomic E-state index is 13.7. The molecule has 2 atom stereocenters. The van der Waals surface area contributed by atoms with Crippen molar-refractivity contribution in [1.82, 2.24) is 4.90 Å². The summed E-state index contributed by atoms with van der Waals surface area (Å²) in [7, 11) is 0. The molecule has 8 heteroatoms. The van der Waals surface area contributed by atoms with Crippen LogP contribution in [-0.4, -0.2) is 34.5 Å². The number of ether oxygens (including phenoxy) is 1. The minimum atomic E-state index is -2.09. The summed E-state index contributed by atoms with van der Waals surface area (Å²) in [6.45, 7) is 1.83. The predicted octanol–water partition coefficient (Wildman–Crippen LogP) is 5.35. The lowest BCUT2D eigenvalue weighted by molar-refractivity contribution is -0.147. The number of carbonyl (C=O) groups is 3. The van der Waals surface area contributed by atoms with E-state index in [0.717, 1.165) is 37.0 Å². The van der Waals surface area contributed by atoms with Gasteiger partial charge in [0, 0.05) is 23.2 Å². The molecule has 3 amide bonds. The van der Waals surface area contributed by atoms with Crippen LogP contribution in [0.25, 0.3) is 0 Å². The monoisotopic (exact) mass is 472 g/mol. The van der Waals surface area contributed by atoms with Gasteiger partial charge in [0.05, 0.1) is 0 Å². The Bertz CT molecular complexity index is 1040. The Morgan fingerprint density at radius 2 is 1.76 bits per heavy atom. The molecule has 33 heavy (non-hydrogen) atoms. The van der Waals surface area contributed by atoms with Gasteiger partial charge >= 0.3 is 6.09 Å². The topological polar surface area (TPSA) is 75.7 Å². The van der Waals surface area contributed by atoms with E-state index in [1.165, 1.54) is 24.3 Å². The molecule has 1 heterocycles. The molecule has 1 saturated heterocycles. The summed E-state index contributed by atoms with van der Waals surface area (Å²) in [6, 6.07) is 11.4. The zero-order valence-electron chi connectivity index (χ0n) is 18.4. The third-order valence-electron chi connectivity index (χ3n) is 6.60. The first-order valence-electron chi connectivity index (χ1n) is 11.2. The zero-order chi connectivity index (χ0) is 23.6. The Labute approximate surface area is 197 Å². The summed E-state index contributed by atoms with van der Waals surface area (Å²) in [5.41, 5.74) is -1.18. The van der Waals surface area contributed by atoms with E-state index < -0.39 is 29.3 Å². The van der Waals surface area contributed by atoms with E-state index in [1.54, 1.807) is 24.3 Å². The number of imide groups is 1.